The quantitative estimate of drug-likeness (QED) is 0.280. The molecule has 8 bridgehead atoms. The molecule has 4 aromatic heterocycles. The van der Waals surface area contributed by atoms with Crippen molar-refractivity contribution in [1.82, 2.24) is 29.7 Å². The normalized spacial score (nSPS) is 17.6. The third-order valence-electron chi connectivity index (χ3n) is 9.22. The topological polar surface area (TPSA) is 133 Å². The maximum atomic E-state index is 3.81. The third kappa shape index (κ3) is 5.59. The van der Waals surface area contributed by atoms with Gasteiger partial charge in [0.2, 0.25) is 0 Å². The van der Waals surface area contributed by atoms with Gasteiger partial charge in [0.25, 0.3) is 0 Å². The first-order valence-corrected chi connectivity index (χ1v) is 14.5. The van der Waals surface area contributed by atoms with Crippen LogP contribution in [0.1, 0.15) is 98.9 Å². The molecule has 0 aliphatic carbocycles. The Balaban J connectivity index is 0.00000220. The highest BCUT2D eigenvalue weighted by Crippen LogP contribution is 2.39. The van der Waals surface area contributed by atoms with Gasteiger partial charge in [0.1, 0.15) is 0 Å². The Morgan fingerprint density at radius 3 is 0.900 bits per heavy atom. The van der Waals surface area contributed by atoms with Crippen LogP contribution in [0.2, 0.25) is 0 Å². The van der Waals surface area contributed by atoms with Gasteiger partial charge >= 0.3 is 0 Å². The average molecular weight is 551 g/mol. The van der Waals surface area contributed by atoms with E-state index in [0.717, 1.165) is 51.9 Å². The van der Waals surface area contributed by atoms with Crippen molar-refractivity contribution in [2.75, 3.05) is 14.1 Å². The second-order valence-electron chi connectivity index (χ2n) is 11.5. The largest absolute Gasteiger partial charge is 0.412 e. The molecule has 0 saturated carbocycles. The van der Waals surface area contributed by atoms with Crippen molar-refractivity contribution >= 4 is 0 Å². The Kier molecular flexibility index (Phi) is 9.95. The average Bonchev–Trinajstić information content (AvgIpc) is 3.71. The highest BCUT2D eigenvalue weighted by molar-refractivity contribution is 5.36. The van der Waals surface area contributed by atoms with E-state index in [1.54, 1.807) is 0 Å². The number of aromatic amines is 4. The van der Waals surface area contributed by atoms with Gasteiger partial charge in [-0.2, -0.15) is 0 Å². The molecule has 5 heterocycles. The molecule has 0 amide bonds. The number of nitrogens with zero attached hydrogens (tertiary/aromatic N) is 2. The molecule has 0 atom stereocenters. The van der Waals surface area contributed by atoms with Gasteiger partial charge in [-0.3, -0.25) is 9.80 Å². The van der Waals surface area contributed by atoms with Gasteiger partial charge < -0.3 is 30.9 Å². The zero-order valence-corrected chi connectivity index (χ0v) is 25.2. The van der Waals surface area contributed by atoms with E-state index in [9.17, 15) is 0 Å². The Labute approximate surface area is 239 Å². The minimum absolute atomic E-state index is 0. The van der Waals surface area contributed by atoms with Crippen LogP contribution < -0.4 is 0 Å². The molecule has 4 aromatic rings. The van der Waals surface area contributed by atoms with Crippen LogP contribution >= 0.6 is 0 Å². The van der Waals surface area contributed by atoms with Crippen LogP contribution in [-0.2, 0) is 37.0 Å². The molecule has 1 aliphatic rings. The van der Waals surface area contributed by atoms with Crippen LogP contribution in [0.25, 0.3) is 0 Å². The van der Waals surface area contributed by atoms with Crippen LogP contribution in [-0.4, -0.2) is 54.8 Å². The van der Waals surface area contributed by atoms with Crippen LogP contribution in [0.4, 0.5) is 0 Å². The molecular formula is C32H50N6O2. The summed E-state index contributed by atoms with van der Waals surface area (Å²) >= 11 is 0. The van der Waals surface area contributed by atoms with E-state index in [0.29, 0.717) is 0 Å². The maximum Gasteiger partial charge on any atom is 0.0498 e. The molecule has 0 saturated heterocycles. The molecule has 0 radical (unpaired) electrons. The zero-order chi connectivity index (χ0) is 26.9. The highest BCUT2D eigenvalue weighted by Gasteiger charge is 2.35. The predicted molar refractivity (Wildman–Crippen MR) is 163 cm³/mol. The summed E-state index contributed by atoms with van der Waals surface area (Å²) in [5.41, 5.74) is 10.2. The fraction of sp³-hybridized carbons (Fsp3) is 0.500. The number of aromatic nitrogens is 4. The van der Waals surface area contributed by atoms with E-state index in [1.807, 2.05) is 0 Å². The molecule has 0 aromatic carbocycles. The minimum Gasteiger partial charge on any atom is -0.412 e. The number of nitrogens with one attached hydrogen (secondary N) is 4. The van der Waals surface area contributed by atoms with Gasteiger partial charge in [-0.15, -0.1) is 0 Å². The molecule has 8 heteroatoms. The second kappa shape index (κ2) is 12.6. The van der Waals surface area contributed by atoms with E-state index in [1.165, 1.54) is 45.6 Å². The van der Waals surface area contributed by atoms with Crippen LogP contribution in [0.5, 0.6) is 0 Å². The van der Waals surface area contributed by atoms with Gasteiger partial charge in [0.05, 0.1) is 0 Å². The van der Waals surface area contributed by atoms with Gasteiger partial charge in [0, 0.05) is 82.6 Å². The zero-order valence-electron chi connectivity index (χ0n) is 25.2. The van der Waals surface area contributed by atoms with Gasteiger partial charge in [-0.05, 0) is 88.3 Å². The summed E-state index contributed by atoms with van der Waals surface area (Å²) in [6.07, 6.45) is 4.18. The molecule has 40 heavy (non-hydrogen) atoms. The Morgan fingerprint density at radius 2 is 0.700 bits per heavy atom. The van der Waals surface area contributed by atoms with Crippen molar-refractivity contribution in [2.45, 2.75) is 90.4 Å². The van der Waals surface area contributed by atoms with Crippen molar-refractivity contribution in [1.29, 1.82) is 0 Å². The Hall–Kier alpha value is -3.04. The molecule has 0 spiro atoms. The lowest BCUT2D eigenvalue weighted by Gasteiger charge is -2.31. The first-order chi connectivity index (χ1) is 18.4. The van der Waals surface area contributed by atoms with Crippen molar-refractivity contribution < 1.29 is 11.0 Å². The molecule has 0 unspecified atom stereocenters. The SMILES string of the molecule is CCC1(CC)c2ccc([nH]2)CN(C)Cc2ccc([nH]2)C(CC)(CC)c2ccc([nH]2)CN(C)Cc2ccc1[nH]2.O.O. The molecule has 5 rings (SSSR count). The summed E-state index contributed by atoms with van der Waals surface area (Å²) in [6, 6.07) is 18.3. The van der Waals surface area contributed by atoms with Gasteiger partial charge in [-0.25, -0.2) is 0 Å². The molecule has 8 N–H and O–H groups in total. The van der Waals surface area contributed by atoms with Gasteiger partial charge in [0.15, 0.2) is 0 Å². The van der Waals surface area contributed by atoms with Crippen LogP contribution in [0, 0.1) is 0 Å². The molecule has 220 valence electrons. The monoisotopic (exact) mass is 550 g/mol. The fourth-order valence-electron chi connectivity index (χ4n) is 6.84. The first kappa shape index (κ1) is 31.5. The number of H-pyrrole nitrogens is 4. The first-order valence-electron chi connectivity index (χ1n) is 14.5. The Morgan fingerprint density at radius 1 is 0.475 bits per heavy atom. The van der Waals surface area contributed by atoms with Gasteiger partial charge in [-0.1, -0.05) is 27.7 Å². The maximum absolute atomic E-state index is 3.81. The summed E-state index contributed by atoms with van der Waals surface area (Å²) in [6.45, 7) is 12.7. The summed E-state index contributed by atoms with van der Waals surface area (Å²) < 4.78 is 0. The summed E-state index contributed by atoms with van der Waals surface area (Å²) in [5.74, 6) is 0. The summed E-state index contributed by atoms with van der Waals surface area (Å²) in [5, 5.41) is 0. The van der Waals surface area contributed by atoms with E-state index >= 15 is 0 Å². The lowest BCUT2D eigenvalue weighted by molar-refractivity contribution is 0.309. The van der Waals surface area contributed by atoms with E-state index in [-0.39, 0.29) is 21.8 Å². The highest BCUT2D eigenvalue weighted by atomic mass is 16.0. The minimum atomic E-state index is -0.0408. The number of fused-ring (bicyclic) bond motifs is 8. The predicted octanol–water partition coefficient (Wildman–Crippen LogP) is 5.14. The molecular weight excluding hydrogens is 500 g/mol. The standard InChI is InChI=1S/C32H46N6.2H2O/c1-7-31(8-2)27-15-11-23(33-27)19-37(5)21-25-13-17-29(35-25)32(9-3,10-4)30-18-14-26(36-30)22-38(6)20-24-12-16-28(31)34-24;;/h11-18,33-36H,7-10,19-22H2,1-6H3;2*1H2. The van der Waals surface area contributed by atoms with Crippen molar-refractivity contribution in [2.24, 2.45) is 0 Å². The number of hydrogen-bond donors (Lipinski definition) is 4. The number of hydrogen-bond acceptors (Lipinski definition) is 2. The van der Waals surface area contributed by atoms with Crippen molar-refractivity contribution in [3.8, 4) is 0 Å². The van der Waals surface area contributed by atoms with E-state index in [4.69, 9.17) is 0 Å². The van der Waals surface area contributed by atoms with Crippen LogP contribution in [0.3, 0.4) is 0 Å². The lowest BCUT2D eigenvalue weighted by Crippen LogP contribution is -2.28. The lowest BCUT2D eigenvalue weighted by atomic mass is 9.76. The second-order valence-corrected chi connectivity index (χ2v) is 11.5. The third-order valence-corrected chi connectivity index (χ3v) is 9.22. The number of rotatable bonds is 4. The smallest absolute Gasteiger partial charge is 0.0498 e. The summed E-state index contributed by atoms with van der Waals surface area (Å²) in [4.78, 5) is 20.0. The molecule has 8 nitrogen and oxygen atoms in total. The summed E-state index contributed by atoms with van der Waals surface area (Å²) in [7, 11) is 4.41. The van der Waals surface area contributed by atoms with Crippen molar-refractivity contribution in [3.05, 3.63) is 94.1 Å². The fourth-order valence-corrected chi connectivity index (χ4v) is 6.84. The van der Waals surface area contributed by atoms with Crippen molar-refractivity contribution in [3.63, 3.8) is 0 Å². The van der Waals surface area contributed by atoms with E-state index in [2.05, 4.69) is 120 Å². The molecule has 1 aliphatic heterocycles. The van der Waals surface area contributed by atoms with Crippen LogP contribution in [0.15, 0.2) is 48.5 Å². The Bertz CT molecular complexity index is 1140. The molecule has 0 fully saturated rings. The van der Waals surface area contributed by atoms with E-state index < -0.39 is 0 Å².